The van der Waals surface area contributed by atoms with Gasteiger partial charge in [-0.25, -0.2) is 0 Å². The zero-order valence-electron chi connectivity index (χ0n) is 13.1. The van der Waals surface area contributed by atoms with Crippen LogP contribution in [-0.2, 0) is 11.3 Å². The van der Waals surface area contributed by atoms with Gasteiger partial charge < -0.3 is 10.2 Å². The molecule has 1 saturated carbocycles. The van der Waals surface area contributed by atoms with Crippen molar-refractivity contribution in [3.63, 3.8) is 0 Å². The van der Waals surface area contributed by atoms with Crippen molar-refractivity contribution in [1.82, 2.24) is 10.2 Å². The highest BCUT2D eigenvalue weighted by atomic mass is 32.1. The van der Waals surface area contributed by atoms with Crippen molar-refractivity contribution in [2.24, 2.45) is 11.3 Å². The smallest absolute Gasteiger partial charge is 0.225 e. The second-order valence-corrected chi connectivity index (χ2v) is 7.52. The molecule has 0 aromatic carbocycles. The normalized spacial score (nSPS) is 24.8. The lowest BCUT2D eigenvalue weighted by molar-refractivity contribution is -0.137. The van der Waals surface area contributed by atoms with Gasteiger partial charge in [-0.1, -0.05) is 13.8 Å². The van der Waals surface area contributed by atoms with E-state index in [2.05, 4.69) is 40.9 Å². The highest BCUT2D eigenvalue weighted by molar-refractivity contribution is 7.07. The Kier molecular flexibility index (Phi) is 4.36. The lowest BCUT2D eigenvalue weighted by atomic mass is 9.93. The monoisotopic (exact) mass is 306 g/mol. The predicted octanol–water partition coefficient (Wildman–Crippen LogP) is 3.26. The van der Waals surface area contributed by atoms with Crippen LogP contribution in [0.4, 0.5) is 0 Å². The molecule has 3 nitrogen and oxygen atoms in total. The molecule has 1 aliphatic carbocycles. The number of carbonyl (C=O) groups is 1. The first-order chi connectivity index (χ1) is 10.2. The predicted molar refractivity (Wildman–Crippen MR) is 87.3 cm³/mol. The number of hydrogen-bond donors (Lipinski definition) is 1. The van der Waals surface area contributed by atoms with Gasteiger partial charge >= 0.3 is 0 Å². The molecule has 1 amide bonds. The number of rotatable bonds is 5. The molecular weight excluding hydrogens is 280 g/mol. The number of amides is 1. The third kappa shape index (κ3) is 3.02. The second kappa shape index (κ2) is 6.09. The first-order valence-electron chi connectivity index (χ1n) is 8.18. The number of thiophene rings is 1. The van der Waals surface area contributed by atoms with Crippen molar-refractivity contribution in [2.45, 2.75) is 52.1 Å². The summed E-state index contributed by atoms with van der Waals surface area (Å²) in [4.78, 5) is 15.0. The van der Waals surface area contributed by atoms with Crippen LogP contribution in [-0.4, -0.2) is 29.9 Å². The molecule has 2 fully saturated rings. The molecule has 4 heteroatoms. The molecule has 1 spiro atoms. The maximum atomic E-state index is 12.8. The topological polar surface area (TPSA) is 32.3 Å². The van der Waals surface area contributed by atoms with Gasteiger partial charge in [0.1, 0.15) is 0 Å². The summed E-state index contributed by atoms with van der Waals surface area (Å²) in [5, 5.41) is 7.73. The van der Waals surface area contributed by atoms with Gasteiger partial charge in [-0.05, 0) is 66.6 Å². The van der Waals surface area contributed by atoms with Gasteiger partial charge in [0.05, 0.1) is 0 Å². The first kappa shape index (κ1) is 15.0. The quantitative estimate of drug-likeness (QED) is 0.905. The first-order valence-corrected chi connectivity index (χ1v) is 9.13. The molecule has 0 radical (unpaired) electrons. The Balaban J connectivity index is 1.75. The summed E-state index contributed by atoms with van der Waals surface area (Å²) in [6, 6.07) is 2.62. The van der Waals surface area contributed by atoms with E-state index < -0.39 is 0 Å². The second-order valence-electron chi connectivity index (χ2n) is 6.74. The molecule has 116 valence electrons. The summed E-state index contributed by atoms with van der Waals surface area (Å²) in [7, 11) is 0. The molecule has 1 aliphatic heterocycles. The SMILES string of the molecule is CCC(C)C(=O)N(Cc1ccsc1)C1CC12CCNCC2. The summed E-state index contributed by atoms with van der Waals surface area (Å²) >= 11 is 1.72. The van der Waals surface area contributed by atoms with Crippen LogP contribution < -0.4 is 5.32 Å². The van der Waals surface area contributed by atoms with Gasteiger partial charge in [0.2, 0.25) is 5.91 Å². The maximum Gasteiger partial charge on any atom is 0.225 e. The Morgan fingerprint density at radius 2 is 2.29 bits per heavy atom. The van der Waals surface area contributed by atoms with Gasteiger partial charge in [-0.2, -0.15) is 11.3 Å². The zero-order valence-corrected chi connectivity index (χ0v) is 13.9. The van der Waals surface area contributed by atoms with Crippen molar-refractivity contribution < 1.29 is 4.79 Å². The van der Waals surface area contributed by atoms with E-state index in [1.807, 2.05) is 0 Å². The van der Waals surface area contributed by atoms with E-state index in [0.29, 0.717) is 17.4 Å². The maximum absolute atomic E-state index is 12.8. The number of hydrogen-bond acceptors (Lipinski definition) is 3. The number of nitrogens with one attached hydrogen (secondary N) is 1. The van der Waals surface area contributed by atoms with E-state index >= 15 is 0 Å². The van der Waals surface area contributed by atoms with Crippen LogP contribution in [0, 0.1) is 11.3 Å². The number of nitrogens with zero attached hydrogens (tertiary/aromatic N) is 1. The van der Waals surface area contributed by atoms with E-state index in [1.165, 1.54) is 24.8 Å². The molecule has 1 N–H and O–H groups in total. The average molecular weight is 306 g/mol. The van der Waals surface area contributed by atoms with Gasteiger partial charge in [0, 0.05) is 18.5 Å². The van der Waals surface area contributed by atoms with Crippen molar-refractivity contribution in [1.29, 1.82) is 0 Å². The minimum absolute atomic E-state index is 0.142. The van der Waals surface area contributed by atoms with E-state index in [-0.39, 0.29) is 5.92 Å². The summed E-state index contributed by atoms with van der Waals surface area (Å²) in [5.74, 6) is 0.493. The largest absolute Gasteiger partial charge is 0.335 e. The molecule has 3 rings (SSSR count). The molecule has 2 heterocycles. The van der Waals surface area contributed by atoms with Gasteiger partial charge in [0.25, 0.3) is 0 Å². The molecule has 1 aromatic heterocycles. The van der Waals surface area contributed by atoms with Crippen LogP contribution in [0.3, 0.4) is 0 Å². The Morgan fingerprint density at radius 1 is 1.52 bits per heavy atom. The van der Waals surface area contributed by atoms with E-state index in [0.717, 1.165) is 26.1 Å². The lowest BCUT2D eigenvalue weighted by Gasteiger charge is -2.31. The van der Waals surface area contributed by atoms with Crippen molar-refractivity contribution >= 4 is 17.2 Å². The third-order valence-corrected chi connectivity index (χ3v) is 6.10. The lowest BCUT2D eigenvalue weighted by Crippen LogP contribution is -2.41. The van der Waals surface area contributed by atoms with Gasteiger partial charge in [-0.15, -0.1) is 0 Å². The highest BCUT2D eigenvalue weighted by Gasteiger charge is 2.57. The van der Waals surface area contributed by atoms with E-state index in [4.69, 9.17) is 0 Å². The molecule has 2 aliphatic rings. The Labute approximate surface area is 131 Å². The summed E-state index contributed by atoms with van der Waals surface area (Å²) in [5.41, 5.74) is 1.71. The molecule has 2 unspecified atom stereocenters. The fourth-order valence-electron chi connectivity index (χ4n) is 3.61. The van der Waals surface area contributed by atoms with Crippen molar-refractivity contribution in [2.75, 3.05) is 13.1 Å². The average Bonchev–Trinajstić information content (AvgIpc) is 2.96. The van der Waals surface area contributed by atoms with Crippen LogP contribution in [0.2, 0.25) is 0 Å². The number of carbonyl (C=O) groups excluding carboxylic acids is 1. The van der Waals surface area contributed by atoms with Crippen molar-refractivity contribution in [3.8, 4) is 0 Å². The van der Waals surface area contributed by atoms with Crippen molar-refractivity contribution in [3.05, 3.63) is 22.4 Å². The fourth-order valence-corrected chi connectivity index (χ4v) is 4.27. The van der Waals surface area contributed by atoms with Crippen LogP contribution in [0.5, 0.6) is 0 Å². The Morgan fingerprint density at radius 3 is 2.90 bits per heavy atom. The standard InChI is InChI=1S/C17H26N2OS/c1-3-13(2)16(20)19(11-14-4-9-21-12-14)15-10-17(15)5-7-18-8-6-17/h4,9,12-13,15,18H,3,5-8,10-11H2,1-2H3. The molecule has 2 atom stereocenters. The highest BCUT2D eigenvalue weighted by Crippen LogP contribution is 2.56. The van der Waals surface area contributed by atoms with Crippen LogP contribution in [0.25, 0.3) is 0 Å². The minimum Gasteiger partial charge on any atom is -0.335 e. The van der Waals surface area contributed by atoms with Crippen LogP contribution in [0.15, 0.2) is 16.8 Å². The molecular formula is C17H26N2OS. The van der Waals surface area contributed by atoms with Gasteiger partial charge in [-0.3, -0.25) is 4.79 Å². The van der Waals surface area contributed by atoms with Gasteiger partial charge in [0.15, 0.2) is 0 Å². The molecule has 1 aromatic rings. The Hall–Kier alpha value is -0.870. The molecule has 21 heavy (non-hydrogen) atoms. The van der Waals surface area contributed by atoms with E-state index in [1.54, 1.807) is 11.3 Å². The zero-order chi connectivity index (χ0) is 14.9. The fraction of sp³-hybridized carbons (Fsp3) is 0.706. The number of piperidine rings is 1. The Bertz CT molecular complexity index is 479. The minimum atomic E-state index is 0.142. The van der Waals surface area contributed by atoms with Crippen LogP contribution in [0.1, 0.15) is 45.1 Å². The molecule has 0 bridgehead atoms. The van der Waals surface area contributed by atoms with E-state index in [9.17, 15) is 4.79 Å². The summed E-state index contributed by atoms with van der Waals surface area (Å²) in [6.45, 7) is 7.20. The third-order valence-electron chi connectivity index (χ3n) is 5.37. The summed E-state index contributed by atoms with van der Waals surface area (Å²) in [6.07, 6.45) is 4.60. The van der Waals surface area contributed by atoms with Crippen LogP contribution >= 0.6 is 11.3 Å². The summed E-state index contributed by atoms with van der Waals surface area (Å²) < 4.78 is 0. The molecule has 1 saturated heterocycles.